The number of carbonyl (C=O) groups is 3. The maximum absolute atomic E-state index is 12.6. The van der Waals surface area contributed by atoms with Crippen molar-refractivity contribution in [3.63, 3.8) is 0 Å². The average Bonchev–Trinajstić information content (AvgIpc) is 3.12. The molecule has 1 aliphatic heterocycles. The van der Waals surface area contributed by atoms with Gasteiger partial charge in [-0.05, 0) is 56.3 Å². The van der Waals surface area contributed by atoms with Crippen LogP contribution in [0.3, 0.4) is 0 Å². The van der Waals surface area contributed by atoms with E-state index < -0.39 is 0 Å². The number of nitrogens with zero attached hydrogens (tertiary/aromatic N) is 1. The molecule has 0 unspecified atom stereocenters. The number of thiophene rings is 1. The average molecular weight is 404 g/mol. The third kappa shape index (κ3) is 4.62. The van der Waals surface area contributed by atoms with Crippen LogP contribution in [-0.2, 0) is 14.3 Å². The summed E-state index contributed by atoms with van der Waals surface area (Å²) < 4.78 is 11.0. The van der Waals surface area contributed by atoms with Crippen molar-refractivity contribution in [1.82, 2.24) is 4.90 Å². The van der Waals surface area contributed by atoms with E-state index in [1.807, 2.05) is 18.2 Å². The van der Waals surface area contributed by atoms with E-state index in [1.54, 1.807) is 24.8 Å². The number of carbonyl (C=O) groups excluding carboxylic acids is 3. The highest BCUT2D eigenvalue weighted by Gasteiger charge is 2.28. The van der Waals surface area contributed by atoms with Crippen LogP contribution in [0.2, 0.25) is 0 Å². The summed E-state index contributed by atoms with van der Waals surface area (Å²) in [5, 5.41) is 3.84. The van der Waals surface area contributed by atoms with Gasteiger partial charge in [0.15, 0.2) is 0 Å². The third-order valence-electron chi connectivity index (χ3n) is 4.65. The Balaban J connectivity index is 1.60. The molecule has 0 aliphatic carbocycles. The second-order valence-corrected chi connectivity index (χ2v) is 7.62. The first-order valence-corrected chi connectivity index (χ1v) is 10.3. The molecule has 2 aromatic rings. The summed E-state index contributed by atoms with van der Waals surface area (Å²) in [5.41, 5.74) is 0.693. The topological polar surface area (TPSA) is 84.9 Å². The van der Waals surface area contributed by atoms with Crippen molar-refractivity contribution in [2.45, 2.75) is 26.7 Å². The lowest BCUT2D eigenvalue weighted by molar-refractivity contribution is -0.121. The van der Waals surface area contributed by atoms with Gasteiger partial charge in [0.05, 0.1) is 13.2 Å². The van der Waals surface area contributed by atoms with Crippen molar-refractivity contribution in [2.75, 3.05) is 31.6 Å². The highest BCUT2D eigenvalue weighted by atomic mass is 32.1. The minimum absolute atomic E-state index is 0.0521. The highest BCUT2D eigenvalue weighted by molar-refractivity contribution is 7.20. The molecule has 1 fully saturated rings. The predicted octanol–water partition coefficient (Wildman–Crippen LogP) is 3.89. The lowest BCUT2D eigenvalue weighted by Crippen LogP contribution is -2.41. The van der Waals surface area contributed by atoms with Gasteiger partial charge in [0, 0.05) is 29.4 Å². The third-order valence-corrected chi connectivity index (χ3v) is 5.75. The molecule has 1 saturated heterocycles. The Labute approximate surface area is 167 Å². The summed E-state index contributed by atoms with van der Waals surface area (Å²) >= 11 is 1.37. The van der Waals surface area contributed by atoms with E-state index in [0.717, 1.165) is 10.1 Å². The van der Waals surface area contributed by atoms with Crippen LogP contribution in [0.15, 0.2) is 24.3 Å². The van der Waals surface area contributed by atoms with Crippen LogP contribution in [0.1, 0.15) is 36.4 Å². The number of ether oxygens (including phenoxy) is 2. The number of piperidine rings is 1. The summed E-state index contributed by atoms with van der Waals surface area (Å²) in [6.45, 7) is 5.27. The SMILES string of the molecule is CCOC(=O)c1cc2cc(NC(=O)C3CCN(C(=O)OCC)CC3)ccc2s1. The molecular weight excluding hydrogens is 380 g/mol. The van der Waals surface area contributed by atoms with E-state index in [9.17, 15) is 14.4 Å². The van der Waals surface area contributed by atoms with Crippen molar-refractivity contribution < 1.29 is 23.9 Å². The molecule has 0 spiro atoms. The van der Waals surface area contributed by atoms with Crippen LogP contribution in [0, 0.1) is 5.92 Å². The molecule has 0 atom stereocenters. The van der Waals surface area contributed by atoms with Crippen LogP contribution in [-0.4, -0.2) is 49.2 Å². The number of hydrogen-bond donors (Lipinski definition) is 1. The molecule has 2 amide bonds. The van der Waals surface area contributed by atoms with E-state index in [2.05, 4.69) is 5.32 Å². The van der Waals surface area contributed by atoms with Gasteiger partial charge in [-0.1, -0.05) is 0 Å². The number of nitrogens with one attached hydrogen (secondary N) is 1. The van der Waals surface area contributed by atoms with Crippen molar-refractivity contribution >= 4 is 45.1 Å². The van der Waals surface area contributed by atoms with E-state index >= 15 is 0 Å². The first-order valence-electron chi connectivity index (χ1n) is 9.45. The largest absolute Gasteiger partial charge is 0.462 e. The number of esters is 1. The zero-order chi connectivity index (χ0) is 20.1. The molecular formula is C20H24N2O5S. The van der Waals surface area contributed by atoms with Gasteiger partial charge >= 0.3 is 12.1 Å². The molecule has 1 aromatic carbocycles. The summed E-state index contributed by atoms with van der Waals surface area (Å²) in [5.74, 6) is -0.523. The molecule has 1 aliphatic rings. The zero-order valence-corrected chi connectivity index (χ0v) is 16.8. The number of amides is 2. The summed E-state index contributed by atoms with van der Waals surface area (Å²) in [6, 6.07) is 7.37. The van der Waals surface area contributed by atoms with Gasteiger partial charge in [0.25, 0.3) is 0 Å². The Morgan fingerprint density at radius 2 is 1.82 bits per heavy atom. The Bertz CT molecular complexity index is 871. The first kappa shape index (κ1) is 20.1. The van der Waals surface area contributed by atoms with E-state index in [0.29, 0.717) is 49.7 Å². The molecule has 7 nitrogen and oxygen atoms in total. The molecule has 0 radical (unpaired) electrons. The number of hydrogen-bond acceptors (Lipinski definition) is 6. The normalized spacial score (nSPS) is 14.7. The number of rotatable bonds is 5. The fraction of sp³-hybridized carbons (Fsp3) is 0.450. The molecule has 3 rings (SSSR count). The van der Waals surface area contributed by atoms with Crippen LogP contribution in [0.25, 0.3) is 10.1 Å². The van der Waals surface area contributed by atoms with Gasteiger partial charge in [-0.15, -0.1) is 11.3 Å². The van der Waals surface area contributed by atoms with E-state index in [-0.39, 0.29) is 23.9 Å². The van der Waals surface area contributed by atoms with Crippen molar-refractivity contribution in [3.05, 3.63) is 29.1 Å². The zero-order valence-electron chi connectivity index (χ0n) is 16.0. The van der Waals surface area contributed by atoms with Gasteiger partial charge in [0.1, 0.15) is 4.88 Å². The lowest BCUT2D eigenvalue weighted by atomic mass is 9.96. The molecule has 0 bridgehead atoms. The fourth-order valence-corrected chi connectivity index (χ4v) is 4.14. The minimum Gasteiger partial charge on any atom is -0.462 e. The molecule has 8 heteroatoms. The predicted molar refractivity (Wildman–Crippen MR) is 108 cm³/mol. The number of likely N-dealkylation sites (tertiary alicyclic amines) is 1. The Hall–Kier alpha value is -2.61. The Morgan fingerprint density at radius 3 is 2.50 bits per heavy atom. The Kier molecular flexibility index (Phi) is 6.51. The van der Waals surface area contributed by atoms with Gasteiger partial charge in [-0.25, -0.2) is 9.59 Å². The van der Waals surface area contributed by atoms with Gasteiger partial charge in [-0.3, -0.25) is 4.79 Å². The molecule has 150 valence electrons. The number of anilines is 1. The lowest BCUT2D eigenvalue weighted by Gasteiger charge is -2.30. The molecule has 1 N–H and O–H groups in total. The molecule has 0 saturated carbocycles. The maximum Gasteiger partial charge on any atom is 0.409 e. The molecule has 1 aromatic heterocycles. The minimum atomic E-state index is -0.331. The van der Waals surface area contributed by atoms with E-state index in [1.165, 1.54) is 11.3 Å². The first-order chi connectivity index (χ1) is 13.5. The standard InChI is InChI=1S/C20H24N2O5S/c1-3-26-19(24)17-12-14-11-15(5-6-16(14)28-17)21-18(23)13-7-9-22(10-8-13)20(25)27-4-2/h5-6,11-13H,3-4,7-10H2,1-2H3,(H,21,23). The van der Waals surface area contributed by atoms with Crippen LogP contribution < -0.4 is 5.32 Å². The summed E-state index contributed by atoms with van der Waals surface area (Å²) in [7, 11) is 0. The molecule has 28 heavy (non-hydrogen) atoms. The smallest absolute Gasteiger partial charge is 0.409 e. The van der Waals surface area contributed by atoms with E-state index in [4.69, 9.17) is 9.47 Å². The quantitative estimate of drug-likeness (QED) is 0.765. The van der Waals surface area contributed by atoms with Crippen molar-refractivity contribution in [1.29, 1.82) is 0 Å². The van der Waals surface area contributed by atoms with Crippen molar-refractivity contribution in [3.8, 4) is 0 Å². The second-order valence-electron chi connectivity index (χ2n) is 6.53. The fourth-order valence-electron chi connectivity index (χ4n) is 3.21. The monoisotopic (exact) mass is 404 g/mol. The second kappa shape index (κ2) is 9.05. The van der Waals surface area contributed by atoms with Crippen LogP contribution >= 0.6 is 11.3 Å². The van der Waals surface area contributed by atoms with Crippen LogP contribution in [0.5, 0.6) is 0 Å². The van der Waals surface area contributed by atoms with Crippen molar-refractivity contribution in [2.24, 2.45) is 5.92 Å². The number of fused-ring (bicyclic) bond motifs is 1. The number of benzene rings is 1. The Morgan fingerprint density at radius 1 is 1.11 bits per heavy atom. The van der Waals surface area contributed by atoms with Gasteiger partial charge < -0.3 is 19.7 Å². The van der Waals surface area contributed by atoms with Gasteiger partial charge in [-0.2, -0.15) is 0 Å². The van der Waals surface area contributed by atoms with Crippen LogP contribution in [0.4, 0.5) is 10.5 Å². The summed E-state index contributed by atoms with van der Waals surface area (Å²) in [4.78, 5) is 38.4. The summed E-state index contributed by atoms with van der Waals surface area (Å²) in [6.07, 6.45) is 0.901. The van der Waals surface area contributed by atoms with Gasteiger partial charge in [0.2, 0.25) is 5.91 Å². The maximum atomic E-state index is 12.6. The molecule has 2 heterocycles. The highest BCUT2D eigenvalue weighted by Crippen LogP contribution is 2.29.